The zero-order valence-electron chi connectivity index (χ0n) is 10.4. The summed E-state index contributed by atoms with van der Waals surface area (Å²) < 4.78 is 5.61. The van der Waals surface area contributed by atoms with Gasteiger partial charge in [-0.15, -0.1) is 0 Å². The summed E-state index contributed by atoms with van der Waals surface area (Å²) in [5, 5.41) is 10.1. The molecule has 0 aromatic heterocycles. The van der Waals surface area contributed by atoms with Crippen molar-refractivity contribution in [3.63, 3.8) is 0 Å². The minimum absolute atomic E-state index is 0.00935. The summed E-state index contributed by atoms with van der Waals surface area (Å²) in [5.41, 5.74) is 0.566. The molecular weight excluding hydrogens is 287 g/mol. The van der Waals surface area contributed by atoms with Crippen molar-refractivity contribution >= 4 is 29.2 Å². The Hall–Kier alpha value is -0.770. The van der Waals surface area contributed by atoms with Crippen LogP contribution in [-0.2, 0) is 9.53 Å². The number of hydrogen-bond acceptors (Lipinski definition) is 2. The molecule has 0 amide bonds. The van der Waals surface area contributed by atoms with Crippen molar-refractivity contribution in [2.75, 3.05) is 6.61 Å². The van der Waals surface area contributed by atoms with Gasteiger partial charge in [0.05, 0.1) is 22.1 Å². The van der Waals surface area contributed by atoms with E-state index in [4.69, 9.17) is 27.9 Å². The van der Waals surface area contributed by atoms with Crippen LogP contribution in [0.15, 0.2) is 18.2 Å². The number of rotatable bonds is 4. The Morgan fingerprint density at radius 2 is 2.21 bits per heavy atom. The van der Waals surface area contributed by atoms with E-state index in [1.807, 2.05) is 0 Å². The SMILES string of the molecule is O=C(O)C(CC1CCCCO1)c1cccc(Cl)c1Cl. The second kappa shape index (κ2) is 6.60. The Labute approximate surface area is 122 Å². The van der Waals surface area contributed by atoms with E-state index in [-0.39, 0.29) is 6.10 Å². The third kappa shape index (κ3) is 3.62. The molecule has 0 bridgehead atoms. The quantitative estimate of drug-likeness (QED) is 0.910. The largest absolute Gasteiger partial charge is 0.481 e. The first kappa shape index (κ1) is 14.6. The summed E-state index contributed by atoms with van der Waals surface area (Å²) in [5.74, 6) is -1.56. The maximum absolute atomic E-state index is 11.5. The number of hydrogen-bond donors (Lipinski definition) is 1. The topological polar surface area (TPSA) is 46.5 Å². The van der Waals surface area contributed by atoms with E-state index in [2.05, 4.69) is 0 Å². The van der Waals surface area contributed by atoms with Crippen LogP contribution >= 0.6 is 23.2 Å². The Balaban J connectivity index is 2.19. The molecule has 2 atom stereocenters. The lowest BCUT2D eigenvalue weighted by Crippen LogP contribution is -2.25. The molecule has 2 rings (SSSR count). The molecular formula is C14H16Cl2O3. The molecule has 0 aliphatic carbocycles. The van der Waals surface area contributed by atoms with Crippen LogP contribution in [0.25, 0.3) is 0 Å². The highest BCUT2D eigenvalue weighted by molar-refractivity contribution is 6.42. The molecule has 1 N–H and O–H groups in total. The fourth-order valence-corrected chi connectivity index (χ4v) is 2.85. The van der Waals surface area contributed by atoms with Gasteiger partial charge in [-0.1, -0.05) is 35.3 Å². The molecule has 2 unspecified atom stereocenters. The molecule has 0 saturated carbocycles. The summed E-state index contributed by atoms with van der Waals surface area (Å²) in [4.78, 5) is 11.5. The predicted octanol–water partition coefficient (Wildman–Crippen LogP) is 4.12. The lowest BCUT2D eigenvalue weighted by Gasteiger charge is -2.25. The van der Waals surface area contributed by atoms with Crippen molar-refractivity contribution in [1.29, 1.82) is 0 Å². The highest BCUT2D eigenvalue weighted by Gasteiger charge is 2.28. The number of ether oxygens (including phenoxy) is 1. The summed E-state index contributed by atoms with van der Waals surface area (Å²) in [6.45, 7) is 0.709. The third-order valence-electron chi connectivity index (χ3n) is 3.43. The van der Waals surface area contributed by atoms with E-state index < -0.39 is 11.9 Å². The van der Waals surface area contributed by atoms with Crippen LogP contribution in [0.1, 0.15) is 37.2 Å². The monoisotopic (exact) mass is 302 g/mol. The van der Waals surface area contributed by atoms with Crippen LogP contribution in [0.5, 0.6) is 0 Å². The molecule has 3 nitrogen and oxygen atoms in total. The second-order valence-corrected chi connectivity index (χ2v) is 5.54. The van der Waals surface area contributed by atoms with Crippen molar-refractivity contribution < 1.29 is 14.6 Å². The van der Waals surface area contributed by atoms with Gasteiger partial charge in [0, 0.05) is 6.61 Å². The maximum atomic E-state index is 11.5. The van der Waals surface area contributed by atoms with Crippen LogP contribution < -0.4 is 0 Å². The van der Waals surface area contributed by atoms with Gasteiger partial charge in [-0.2, -0.15) is 0 Å². The Bertz CT molecular complexity index is 456. The molecule has 19 heavy (non-hydrogen) atoms. The number of carboxylic acid groups (broad SMARTS) is 1. The van der Waals surface area contributed by atoms with Crippen LogP contribution in [0.3, 0.4) is 0 Å². The van der Waals surface area contributed by atoms with Gasteiger partial charge in [-0.3, -0.25) is 4.79 Å². The number of aliphatic carboxylic acids is 1. The van der Waals surface area contributed by atoms with Gasteiger partial charge in [0.15, 0.2) is 0 Å². The number of carbonyl (C=O) groups is 1. The first-order valence-corrected chi connectivity index (χ1v) is 7.13. The van der Waals surface area contributed by atoms with Crippen LogP contribution in [0, 0.1) is 0 Å². The Morgan fingerprint density at radius 1 is 1.42 bits per heavy atom. The predicted molar refractivity (Wildman–Crippen MR) is 75.0 cm³/mol. The molecule has 1 fully saturated rings. The van der Waals surface area contributed by atoms with Crippen molar-refractivity contribution in [3.05, 3.63) is 33.8 Å². The molecule has 1 heterocycles. The van der Waals surface area contributed by atoms with Crippen molar-refractivity contribution in [2.24, 2.45) is 0 Å². The molecule has 1 aliphatic heterocycles. The minimum atomic E-state index is -0.890. The van der Waals surface area contributed by atoms with E-state index in [1.54, 1.807) is 18.2 Å². The smallest absolute Gasteiger partial charge is 0.311 e. The van der Waals surface area contributed by atoms with Gasteiger partial charge in [-0.25, -0.2) is 0 Å². The van der Waals surface area contributed by atoms with Gasteiger partial charge < -0.3 is 9.84 Å². The highest BCUT2D eigenvalue weighted by atomic mass is 35.5. The third-order valence-corrected chi connectivity index (χ3v) is 4.26. The van der Waals surface area contributed by atoms with Crippen molar-refractivity contribution in [3.8, 4) is 0 Å². The van der Waals surface area contributed by atoms with E-state index in [1.165, 1.54) is 0 Å². The zero-order valence-corrected chi connectivity index (χ0v) is 12.0. The van der Waals surface area contributed by atoms with Gasteiger partial charge in [0.1, 0.15) is 0 Å². The van der Waals surface area contributed by atoms with Gasteiger partial charge in [0.25, 0.3) is 0 Å². The molecule has 0 spiro atoms. The molecule has 0 radical (unpaired) electrons. The lowest BCUT2D eigenvalue weighted by molar-refractivity contribution is -0.140. The van der Waals surface area contributed by atoms with Gasteiger partial charge >= 0.3 is 5.97 Å². The van der Waals surface area contributed by atoms with E-state index in [0.717, 1.165) is 19.3 Å². The summed E-state index contributed by atoms with van der Waals surface area (Å²) in [6, 6.07) is 5.10. The molecule has 104 valence electrons. The summed E-state index contributed by atoms with van der Waals surface area (Å²) in [7, 11) is 0. The number of carboxylic acids is 1. The molecule has 1 aliphatic rings. The van der Waals surface area contributed by atoms with E-state index >= 15 is 0 Å². The highest BCUT2D eigenvalue weighted by Crippen LogP contribution is 2.35. The lowest BCUT2D eigenvalue weighted by atomic mass is 9.90. The standard InChI is InChI=1S/C14H16Cl2O3/c15-12-6-3-5-10(13(12)16)11(14(17)18)8-9-4-1-2-7-19-9/h3,5-6,9,11H,1-2,4,7-8H2,(H,17,18). The number of benzene rings is 1. The van der Waals surface area contributed by atoms with Crippen molar-refractivity contribution in [2.45, 2.75) is 37.7 Å². The Morgan fingerprint density at radius 3 is 2.84 bits per heavy atom. The first-order chi connectivity index (χ1) is 9.09. The average molecular weight is 303 g/mol. The summed E-state index contributed by atoms with van der Waals surface area (Å²) in [6.07, 6.45) is 3.47. The number of halogens is 2. The second-order valence-electron chi connectivity index (χ2n) is 4.76. The van der Waals surface area contributed by atoms with Gasteiger partial charge in [-0.05, 0) is 37.3 Å². The molecule has 1 aromatic rings. The summed E-state index contributed by atoms with van der Waals surface area (Å²) >= 11 is 12.1. The molecule has 5 heteroatoms. The maximum Gasteiger partial charge on any atom is 0.311 e. The average Bonchev–Trinajstić information content (AvgIpc) is 2.40. The van der Waals surface area contributed by atoms with E-state index in [9.17, 15) is 9.90 Å². The first-order valence-electron chi connectivity index (χ1n) is 6.38. The minimum Gasteiger partial charge on any atom is -0.481 e. The van der Waals surface area contributed by atoms with Crippen LogP contribution in [-0.4, -0.2) is 23.8 Å². The molecule has 1 saturated heterocycles. The van der Waals surface area contributed by atoms with Crippen LogP contribution in [0.2, 0.25) is 10.0 Å². The fourth-order valence-electron chi connectivity index (χ4n) is 2.41. The Kier molecular flexibility index (Phi) is 5.08. The molecule has 1 aromatic carbocycles. The van der Waals surface area contributed by atoms with E-state index in [0.29, 0.717) is 28.6 Å². The fraction of sp³-hybridized carbons (Fsp3) is 0.500. The van der Waals surface area contributed by atoms with Crippen LogP contribution in [0.4, 0.5) is 0 Å². The zero-order chi connectivity index (χ0) is 13.8. The van der Waals surface area contributed by atoms with Gasteiger partial charge in [0.2, 0.25) is 0 Å². The normalized spacial score (nSPS) is 21.1. The van der Waals surface area contributed by atoms with Crippen molar-refractivity contribution in [1.82, 2.24) is 0 Å².